The highest BCUT2D eigenvalue weighted by molar-refractivity contribution is 5.79. The topological polar surface area (TPSA) is 120 Å². The molecule has 0 fully saturated rings. The minimum Gasteiger partial charge on any atom is -0.480 e. The highest BCUT2D eigenvalue weighted by Crippen LogP contribution is 2.27. The Morgan fingerprint density at radius 2 is 2.37 bits per heavy atom. The summed E-state index contributed by atoms with van der Waals surface area (Å²) in [6.07, 6.45) is 1.44. The molecule has 0 bridgehead atoms. The Labute approximate surface area is 109 Å². The summed E-state index contributed by atoms with van der Waals surface area (Å²) in [5.74, 6) is -1.16. The van der Waals surface area contributed by atoms with E-state index in [1.54, 1.807) is 13.0 Å². The van der Waals surface area contributed by atoms with Crippen LogP contribution in [-0.4, -0.2) is 34.1 Å². The maximum absolute atomic E-state index is 11.1. The van der Waals surface area contributed by atoms with Gasteiger partial charge in [-0.1, -0.05) is 6.92 Å². The number of nitriles is 1. The van der Waals surface area contributed by atoms with Crippen LogP contribution in [-0.2, 0) is 4.79 Å². The van der Waals surface area contributed by atoms with E-state index in [4.69, 9.17) is 10.4 Å². The summed E-state index contributed by atoms with van der Waals surface area (Å²) in [7, 11) is 1.42. The molecule has 0 aliphatic heterocycles. The fourth-order valence-electron chi connectivity index (χ4n) is 1.67. The lowest BCUT2D eigenvalue weighted by atomic mass is 10.2. The van der Waals surface area contributed by atoms with E-state index in [2.05, 4.69) is 4.98 Å². The van der Waals surface area contributed by atoms with Gasteiger partial charge in [0, 0.05) is 19.3 Å². The van der Waals surface area contributed by atoms with E-state index in [0.717, 1.165) is 6.07 Å². The van der Waals surface area contributed by atoms with E-state index in [1.807, 2.05) is 0 Å². The van der Waals surface area contributed by atoms with Gasteiger partial charge >= 0.3 is 11.7 Å². The number of aliphatic carboxylic acids is 1. The number of pyridine rings is 1. The number of aromatic nitrogens is 1. The molecule has 1 N–H and O–H groups in total. The Morgan fingerprint density at radius 1 is 1.74 bits per heavy atom. The number of nitrogens with zero attached hydrogens (tertiary/aromatic N) is 4. The van der Waals surface area contributed by atoms with Crippen LogP contribution in [0.5, 0.6) is 0 Å². The smallest absolute Gasteiger partial charge is 0.326 e. The first-order valence-corrected chi connectivity index (χ1v) is 5.42. The monoisotopic (exact) mass is 264 g/mol. The maximum Gasteiger partial charge on any atom is 0.326 e. The molecule has 0 amide bonds. The third-order valence-corrected chi connectivity index (χ3v) is 2.65. The molecule has 0 spiro atoms. The van der Waals surface area contributed by atoms with Crippen LogP contribution in [0.3, 0.4) is 0 Å². The third kappa shape index (κ3) is 2.95. The number of rotatable bonds is 5. The molecular formula is C11H12N4O4. The van der Waals surface area contributed by atoms with Gasteiger partial charge in [0.25, 0.3) is 0 Å². The van der Waals surface area contributed by atoms with Gasteiger partial charge in [-0.2, -0.15) is 5.26 Å². The van der Waals surface area contributed by atoms with E-state index in [9.17, 15) is 14.9 Å². The maximum atomic E-state index is 11.1. The fourth-order valence-corrected chi connectivity index (χ4v) is 1.67. The van der Waals surface area contributed by atoms with E-state index >= 15 is 0 Å². The summed E-state index contributed by atoms with van der Waals surface area (Å²) in [5.41, 5.74) is -0.339. The fraction of sp³-hybridized carbons (Fsp3) is 0.364. The van der Waals surface area contributed by atoms with Gasteiger partial charge in [0.05, 0.1) is 10.5 Å². The van der Waals surface area contributed by atoms with Gasteiger partial charge in [-0.3, -0.25) is 10.1 Å². The zero-order chi connectivity index (χ0) is 14.6. The molecule has 0 aliphatic carbocycles. The SMILES string of the molecule is CCC(C(=O)O)N(C)c1ncc(C#N)cc1[N+](=O)[O-]. The average molecular weight is 264 g/mol. The molecular weight excluding hydrogens is 252 g/mol. The van der Waals surface area contributed by atoms with E-state index in [-0.39, 0.29) is 23.5 Å². The molecule has 8 heteroatoms. The minimum atomic E-state index is -1.09. The van der Waals surface area contributed by atoms with Crippen molar-refractivity contribution in [2.45, 2.75) is 19.4 Å². The predicted octanol–water partition coefficient (Wildman–Crippen LogP) is 1.16. The highest BCUT2D eigenvalue weighted by atomic mass is 16.6. The van der Waals surface area contributed by atoms with Gasteiger partial charge in [-0.25, -0.2) is 9.78 Å². The van der Waals surface area contributed by atoms with Crippen LogP contribution < -0.4 is 4.90 Å². The number of anilines is 1. The number of hydrogen-bond acceptors (Lipinski definition) is 6. The molecule has 0 saturated heterocycles. The molecule has 0 aromatic carbocycles. The summed E-state index contributed by atoms with van der Waals surface area (Å²) in [5, 5.41) is 28.7. The van der Waals surface area contributed by atoms with Gasteiger partial charge in [0.1, 0.15) is 12.1 Å². The molecule has 1 heterocycles. The molecule has 1 unspecified atom stereocenters. The molecule has 0 saturated carbocycles. The summed E-state index contributed by atoms with van der Waals surface area (Å²) in [6, 6.07) is 1.91. The highest BCUT2D eigenvalue weighted by Gasteiger charge is 2.28. The predicted molar refractivity (Wildman–Crippen MR) is 65.7 cm³/mol. The molecule has 1 atom stereocenters. The third-order valence-electron chi connectivity index (χ3n) is 2.65. The minimum absolute atomic E-state index is 0.0484. The quantitative estimate of drug-likeness (QED) is 0.625. The van der Waals surface area contributed by atoms with Crippen molar-refractivity contribution < 1.29 is 14.8 Å². The number of hydrogen-bond donors (Lipinski definition) is 1. The van der Waals surface area contributed by atoms with Crippen LogP contribution in [0.15, 0.2) is 12.3 Å². The number of likely N-dealkylation sites (N-methyl/N-ethyl adjacent to an activating group) is 1. The van der Waals surface area contributed by atoms with Crippen molar-refractivity contribution in [3.05, 3.63) is 27.9 Å². The van der Waals surface area contributed by atoms with Crippen molar-refractivity contribution in [1.82, 2.24) is 4.98 Å². The zero-order valence-corrected chi connectivity index (χ0v) is 10.4. The van der Waals surface area contributed by atoms with Crippen LogP contribution >= 0.6 is 0 Å². The lowest BCUT2D eigenvalue weighted by Crippen LogP contribution is -2.38. The molecule has 1 aromatic heterocycles. The van der Waals surface area contributed by atoms with E-state index < -0.39 is 16.9 Å². The van der Waals surface area contributed by atoms with E-state index in [1.165, 1.54) is 18.1 Å². The van der Waals surface area contributed by atoms with E-state index in [0.29, 0.717) is 0 Å². The van der Waals surface area contributed by atoms with Crippen molar-refractivity contribution in [1.29, 1.82) is 5.26 Å². The Hall–Kier alpha value is -2.69. The number of carboxylic acids is 1. The first-order chi connectivity index (χ1) is 8.92. The second kappa shape index (κ2) is 5.77. The van der Waals surface area contributed by atoms with Gasteiger partial charge in [-0.05, 0) is 6.42 Å². The Balaban J connectivity index is 3.30. The van der Waals surface area contributed by atoms with Crippen LogP contribution in [0, 0.1) is 21.4 Å². The Kier molecular flexibility index (Phi) is 4.36. The van der Waals surface area contributed by atoms with Crippen molar-refractivity contribution in [2.75, 3.05) is 11.9 Å². The van der Waals surface area contributed by atoms with Crippen LogP contribution in [0.1, 0.15) is 18.9 Å². The normalized spacial score (nSPS) is 11.4. The summed E-state index contributed by atoms with van der Waals surface area (Å²) in [4.78, 5) is 26.4. The van der Waals surface area contributed by atoms with Gasteiger partial charge in [0.15, 0.2) is 0 Å². The molecule has 1 aromatic rings. The lowest BCUT2D eigenvalue weighted by molar-refractivity contribution is -0.384. The van der Waals surface area contributed by atoms with Crippen LogP contribution in [0.2, 0.25) is 0 Å². The number of carboxylic acid groups (broad SMARTS) is 1. The van der Waals surface area contributed by atoms with Gasteiger partial charge in [0.2, 0.25) is 5.82 Å². The van der Waals surface area contributed by atoms with Gasteiger partial charge < -0.3 is 10.0 Å². The summed E-state index contributed by atoms with van der Waals surface area (Å²) in [6.45, 7) is 1.66. The number of carbonyl (C=O) groups is 1. The first kappa shape index (κ1) is 14.4. The van der Waals surface area contributed by atoms with Crippen molar-refractivity contribution >= 4 is 17.5 Å². The molecule has 0 aliphatic rings. The van der Waals surface area contributed by atoms with Crippen LogP contribution in [0.4, 0.5) is 11.5 Å². The lowest BCUT2D eigenvalue weighted by Gasteiger charge is -2.24. The molecule has 1 rings (SSSR count). The average Bonchev–Trinajstić information content (AvgIpc) is 2.38. The number of nitro groups is 1. The van der Waals surface area contributed by atoms with Crippen molar-refractivity contribution in [3.63, 3.8) is 0 Å². The van der Waals surface area contributed by atoms with Crippen molar-refractivity contribution in [2.24, 2.45) is 0 Å². The standard InChI is InChI=1S/C11H12N4O4/c1-3-8(11(16)17)14(2)10-9(15(18)19)4-7(5-12)6-13-10/h4,6,8H,3H2,1-2H3,(H,16,17). The molecule has 8 nitrogen and oxygen atoms in total. The van der Waals surface area contributed by atoms with Gasteiger partial charge in [-0.15, -0.1) is 0 Å². The second-order valence-electron chi connectivity index (χ2n) is 3.81. The van der Waals surface area contributed by atoms with Crippen LogP contribution in [0.25, 0.3) is 0 Å². The molecule has 100 valence electrons. The summed E-state index contributed by atoms with van der Waals surface area (Å²) >= 11 is 0. The Morgan fingerprint density at radius 3 is 2.79 bits per heavy atom. The summed E-state index contributed by atoms with van der Waals surface area (Å²) < 4.78 is 0. The zero-order valence-electron chi connectivity index (χ0n) is 10.4. The second-order valence-corrected chi connectivity index (χ2v) is 3.81. The molecule has 0 radical (unpaired) electrons. The van der Waals surface area contributed by atoms with Crippen molar-refractivity contribution in [3.8, 4) is 6.07 Å². The molecule has 19 heavy (non-hydrogen) atoms. The Bertz CT molecular complexity index is 552. The first-order valence-electron chi connectivity index (χ1n) is 5.42. The largest absolute Gasteiger partial charge is 0.480 e.